The number of carbonyl (C=O) groups excluding carboxylic acids is 2. The number of hydrogen-bond donors (Lipinski definition) is 0. The minimum absolute atomic E-state index is 0.000503. The number of rotatable bonds is 3. The Bertz CT molecular complexity index is 645. The number of likely N-dealkylation sites (tertiary alicyclic amines) is 2. The molecule has 3 saturated heterocycles. The van der Waals surface area contributed by atoms with Crippen molar-refractivity contribution >= 4 is 17.5 Å². The van der Waals surface area contributed by atoms with Crippen molar-refractivity contribution in [3.63, 3.8) is 0 Å². The van der Waals surface area contributed by atoms with E-state index in [-0.39, 0.29) is 30.4 Å². The molecule has 1 aromatic rings. The van der Waals surface area contributed by atoms with Crippen LogP contribution in [0.5, 0.6) is 0 Å². The summed E-state index contributed by atoms with van der Waals surface area (Å²) in [6.07, 6.45) is 3.26. The van der Waals surface area contributed by atoms with Crippen molar-refractivity contribution in [1.29, 1.82) is 0 Å². The third-order valence-corrected chi connectivity index (χ3v) is 5.78. The minimum atomic E-state index is 0.000503. The average molecular weight is 357 g/mol. The Labute approximate surface area is 154 Å². The predicted molar refractivity (Wildman–Crippen MR) is 98.9 cm³/mol. The number of amides is 2. The molecule has 2 atom stereocenters. The van der Waals surface area contributed by atoms with Crippen molar-refractivity contribution in [1.82, 2.24) is 9.80 Å². The summed E-state index contributed by atoms with van der Waals surface area (Å²) in [6, 6.07) is 9.75. The fourth-order valence-corrected chi connectivity index (χ4v) is 4.31. The number of anilines is 1. The maximum absolute atomic E-state index is 12.7. The highest BCUT2D eigenvalue weighted by molar-refractivity contribution is 5.94. The quantitative estimate of drug-likeness (QED) is 0.820. The Kier molecular flexibility index (Phi) is 5.22. The fourth-order valence-electron chi connectivity index (χ4n) is 4.31. The van der Waals surface area contributed by atoms with Crippen LogP contribution in [-0.4, -0.2) is 73.6 Å². The van der Waals surface area contributed by atoms with Crippen molar-refractivity contribution in [2.24, 2.45) is 5.92 Å². The first kappa shape index (κ1) is 17.5. The van der Waals surface area contributed by atoms with Gasteiger partial charge in [0, 0.05) is 31.2 Å². The molecule has 1 aromatic carbocycles. The van der Waals surface area contributed by atoms with Crippen molar-refractivity contribution in [3.05, 3.63) is 30.3 Å². The summed E-state index contributed by atoms with van der Waals surface area (Å²) in [7, 11) is 0. The summed E-state index contributed by atoms with van der Waals surface area (Å²) in [5.74, 6) is 0.380. The van der Waals surface area contributed by atoms with Gasteiger partial charge in [0.15, 0.2) is 0 Å². The van der Waals surface area contributed by atoms with Gasteiger partial charge in [0.25, 0.3) is 5.91 Å². The number of benzene rings is 1. The lowest BCUT2D eigenvalue weighted by Gasteiger charge is -2.38. The highest BCUT2D eigenvalue weighted by atomic mass is 16.5. The number of ether oxygens (including phenoxy) is 1. The molecule has 6 nitrogen and oxygen atoms in total. The van der Waals surface area contributed by atoms with Crippen LogP contribution in [0.15, 0.2) is 30.3 Å². The van der Waals surface area contributed by atoms with Gasteiger partial charge >= 0.3 is 0 Å². The lowest BCUT2D eigenvalue weighted by molar-refractivity contribution is -0.137. The Morgan fingerprint density at radius 1 is 1.08 bits per heavy atom. The number of carbonyl (C=O) groups is 2. The molecule has 0 aromatic heterocycles. The van der Waals surface area contributed by atoms with Crippen LogP contribution < -0.4 is 4.90 Å². The topological polar surface area (TPSA) is 53.1 Å². The van der Waals surface area contributed by atoms with Crippen molar-refractivity contribution in [2.45, 2.75) is 25.4 Å². The number of fused-ring (bicyclic) bond motifs is 1. The fraction of sp³-hybridized carbons (Fsp3) is 0.600. The zero-order valence-corrected chi connectivity index (χ0v) is 15.2. The molecule has 3 aliphatic rings. The number of hydrogen-bond acceptors (Lipinski definition) is 4. The van der Waals surface area contributed by atoms with Gasteiger partial charge in [0.1, 0.15) is 6.61 Å². The van der Waals surface area contributed by atoms with E-state index in [1.54, 1.807) is 0 Å². The minimum Gasteiger partial charge on any atom is -0.368 e. The summed E-state index contributed by atoms with van der Waals surface area (Å²) in [5, 5.41) is 0. The van der Waals surface area contributed by atoms with E-state index >= 15 is 0 Å². The van der Waals surface area contributed by atoms with Gasteiger partial charge in [-0.3, -0.25) is 14.5 Å². The highest BCUT2D eigenvalue weighted by Gasteiger charge is 2.37. The molecule has 2 amide bonds. The molecule has 140 valence electrons. The van der Waals surface area contributed by atoms with Crippen LogP contribution in [0.2, 0.25) is 0 Å². The zero-order valence-electron chi connectivity index (χ0n) is 15.2. The van der Waals surface area contributed by atoms with Crippen LogP contribution in [0.1, 0.15) is 19.3 Å². The largest absolute Gasteiger partial charge is 0.368 e. The van der Waals surface area contributed by atoms with Gasteiger partial charge < -0.3 is 14.5 Å². The van der Waals surface area contributed by atoms with Gasteiger partial charge in [0.2, 0.25) is 5.91 Å². The van der Waals surface area contributed by atoms with Crippen LogP contribution in [-0.2, 0) is 14.3 Å². The number of para-hydroxylation sites is 1. The van der Waals surface area contributed by atoms with E-state index in [0.29, 0.717) is 19.6 Å². The third-order valence-electron chi connectivity index (χ3n) is 5.78. The zero-order chi connectivity index (χ0) is 17.9. The maximum Gasteiger partial charge on any atom is 0.252 e. The summed E-state index contributed by atoms with van der Waals surface area (Å²) in [6.45, 7) is 4.73. The Morgan fingerprint density at radius 2 is 1.85 bits per heavy atom. The van der Waals surface area contributed by atoms with Gasteiger partial charge in [-0.05, 0) is 44.5 Å². The first-order valence-electron chi connectivity index (χ1n) is 9.68. The molecule has 0 saturated carbocycles. The van der Waals surface area contributed by atoms with Gasteiger partial charge in [-0.2, -0.15) is 0 Å². The molecule has 3 heterocycles. The predicted octanol–water partition coefficient (Wildman–Crippen LogP) is 1.36. The lowest BCUT2D eigenvalue weighted by Crippen LogP contribution is -2.51. The first-order valence-corrected chi connectivity index (χ1v) is 9.68. The lowest BCUT2D eigenvalue weighted by atomic mass is 9.94. The normalized spacial score (nSPS) is 27.3. The third kappa shape index (κ3) is 3.76. The van der Waals surface area contributed by atoms with Crippen LogP contribution in [0.4, 0.5) is 5.69 Å². The summed E-state index contributed by atoms with van der Waals surface area (Å²) >= 11 is 0. The van der Waals surface area contributed by atoms with Crippen molar-refractivity contribution in [3.8, 4) is 0 Å². The van der Waals surface area contributed by atoms with Crippen LogP contribution >= 0.6 is 0 Å². The molecule has 3 fully saturated rings. The molecule has 0 unspecified atom stereocenters. The summed E-state index contributed by atoms with van der Waals surface area (Å²) in [4.78, 5) is 31.3. The van der Waals surface area contributed by atoms with Gasteiger partial charge in [-0.25, -0.2) is 0 Å². The van der Waals surface area contributed by atoms with Gasteiger partial charge in [-0.1, -0.05) is 18.2 Å². The average Bonchev–Trinajstić information content (AvgIpc) is 3.12. The van der Waals surface area contributed by atoms with Crippen LogP contribution in [0.3, 0.4) is 0 Å². The number of nitrogens with zero attached hydrogens (tertiary/aromatic N) is 3. The van der Waals surface area contributed by atoms with Crippen LogP contribution in [0.25, 0.3) is 0 Å². The SMILES string of the molecule is O=C(CN1CCCC1)N1CC[C@@H]2OCC(=O)N(c3ccccc3)C[C@H]2C1. The second-order valence-corrected chi connectivity index (χ2v) is 7.56. The van der Waals surface area contributed by atoms with E-state index in [0.717, 1.165) is 31.7 Å². The molecular formula is C20H27N3O3. The molecule has 3 aliphatic heterocycles. The monoisotopic (exact) mass is 357 g/mol. The number of piperidine rings is 1. The van der Waals surface area contributed by atoms with Crippen molar-refractivity contribution < 1.29 is 14.3 Å². The molecule has 0 radical (unpaired) electrons. The molecule has 0 bridgehead atoms. The molecule has 0 spiro atoms. The smallest absolute Gasteiger partial charge is 0.252 e. The molecule has 0 aliphatic carbocycles. The van der Waals surface area contributed by atoms with Crippen LogP contribution in [0, 0.1) is 5.92 Å². The van der Waals surface area contributed by atoms with Crippen molar-refractivity contribution in [2.75, 3.05) is 50.8 Å². The molecule has 4 rings (SSSR count). The second-order valence-electron chi connectivity index (χ2n) is 7.56. The standard InChI is InChI=1S/C20H27N3O3/c24-19(14-21-9-4-5-10-21)22-11-8-18-16(12-22)13-23(20(25)15-26-18)17-6-2-1-3-7-17/h1-3,6-7,16,18H,4-5,8-15H2/t16-,18+/m1/s1. The van der Waals surface area contributed by atoms with E-state index in [9.17, 15) is 9.59 Å². The Balaban J connectivity index is 1.43. The maximum atomic E-state index is 12.7. The highest BCUT2D eigenvalue weighted by Crippen LogP contribution is 2.27. The first-order chi connectivity index (χ1) is 12.7. The molecule has 0 N–H and O–H groups in total. The second kappa shape index (κ2) is 7.76. The summed E-state index contributed by atoms with van der Waals surface area (Å²) < 4.78 is 5.89. The molecule has 26 heavy (non-hydrogen) atoms. The Hall–Kier alpha value is -1.92. The Morgan fingerprint density at radius 3 is 2.62 bits per heavy atom. The van der Waals surface area contributed by atoms with E-state index in [4.69, 9.17) is 4.74 Å². The summed E-state index contributed by atoms with van der Waals surface area (Å²) in [5.41, 5.74) is 0.905. The van der Waals surface area contributed by atoms with Gasteiger partial charge in [0.05, 0.1) is 12.6 Å². The molecular weight excluding hydrogens is 330 g/mol. The van der Waals surface area contributed by atoms with Gasteiger partial charge in [-0.15, -0.1) is 0 Å². The van der Waals surface area contributed by atoms with E-state index in [1.165, 1.54) is 12.8 Å². The van der Waals surface area contributed by atoms with E-state index < -0.39 is 0 Å². The van der Waals surface area contributed by atoms with E-state index in [1.807, 2.05) is 40.1 Å². The molecule has 6 heteroatoms. The van der Waals surface area contributed by atoms with E-state index in [2.05, 4.69) is 4.90 Å².